The number of fused-ring (bicyclic) bond motifs is 5. The molecule has 1 amide bonds. The first-order valence-corrected chi connectivity index (χ1v) is 8.72. The zero-order valence-corrected chi connectivity index (χ0v) is 13.9. The maximum Gasteiger partial charge on any atom is 0.306 e. The lowest BCUT2D eigenvalue weighted by molar-refractivity contribution is -0.147. The Morgan fingerprint density at radius 1 is 1.38 bits per heavy atom. The van der Waals surface area contributed by atoms with Crippen molar-refractivity contribution in [1.29, 1.82) is 0 Å². The summed E-state index contributed by atoms with van der Waals surface area (Å²) in [6.45, 7) is 2.97. The summed E-state index contributed by atoms with van der Waals surface area (Å²) in [5.41, 5.74) is 3.62. The maximum atomic E-state index is 12.6. The van der Waals surface area contributed by atoms with Gasteiger partial charge in [-0.25, -0.2) is 0 Å². The number of rotatable bonds is 3. The minimum Gasteiger partial charge on any atom is -0.466 e. The van der Waals surface area contributed by atoms with E-state index < -0.39 is 0 Å². The Bertz CT molecular complexity index is 795. The van der Waals surface area contributed by atoms with Crippen LogP contribution in [0.15, 0.2) is 24.3 Å². The number of amides is 1. The first-order valence-electron chi connectivity index (χ1n) is 8.72. The highest BCUT2D eigenvalue weighted by molar-refractivity contribution is 5.86. The van der Waals surface area contributed by atoms with Crippen molar-refractivity contribution in [2.45, 2.75) is 38.6 Å². The number of para-hydroxylation sites is 1. The smallest absolute Gasteiger partial charge is 0.306 e. The molecule has 24 heavy (non-hydrogen) atoms. The summed E-state index contributed by atoms with van der Waals surface area (Å²) in [6.07, 6.45) is 2.50. The number of hydrogen-bond acceptors (Lipinski definition) is 3. The van der Waals surface area contributed by atoms with Crippen LogP contribution in [-0.4, -0.2) is 34.9 Å². The number of esters is 1. The molecular weight excluding hydrogens is 304 g/mol. The predicted molar refractivity (Wildman–Crippen MR) is 90.4 cm³/mol. The highest BCUT2D eigenvalue weighted by atomic mass is 16.5. The van der Waals surface area contributed by atoms with Crippen LogP contribution in [0.2, 0.25) is 0 Å². The van der Waals surface area contributed by atoms with E-state index in [4.69, 9.17) is 4.74 Å². The number of hydrogen-bond donors (Lipinski definition) is 1. The second-order valence-electron chi connectivity index (χ2n) is 6.73. The maximum absolute atomic E-state index is 12.6. The monoisotopic (exact) mass is 326 g/mol. The standard InChI is InChI=1S/C19H22N2O3/c1-2-24-18(23)11-12-9-16-19-14(7-8-21(16)17(22)10-12)13-5-3-4-6-15(13)20-19/h3-6,12,16,20H,2,7-11H2,1H3/t12-,16-/m0/s1. The molecule has 4 rings (SSSR count). The van der Waals surface area contributed by atoms with Crippen molar-refractivity contribution in [1.82, 2.24) is 9.88 Å². The third kappa shape index (κ3) is 2.48. The molecule has 126 valence electrons. The van der Waals surface area contributed by atoms with E-state index in [0.717, 1.165) is 30.6 Å². The molecule has 1 fully saturated rings. The molecule has 1 aromatic heterocycles. The highest BCUT2D eigenvalue weighted by Gasteiger charge is 2.40. The van der Waals surface area contributed by atoms with Crippen molar-refractivity contribution in [3.63, 3.8) is 0 Å². The van der Waals surface area contributed by atoms with Crippen molar-refractivity contribution in [3.8, 4) is 0 Å². The molecular formula is C19H22N2O3. The number of H-pyrrole nitrogens is 1. The number of nitrogens with zero attached hydrogens (tertiary/aromatic N) is 1. The Balaban J connectivity index is 1.64. The summed E-state index contributed by atoms with van der Waals surface area (Å²) in [5, 5.41) is 1.26. The quantitative estimate of drug-likeness (QED) is 0.882. The molecule has 3 heterocycles. The summed E-state index contributed by atoms with van der Waals surface area (Å²) < 4.78 is 5.06. The molecule has 2 aliphatic rings. The van der Waals surface area contributed by atoms with Gasteiger partial charge in [-0.2, -0.15) is 0 Å². The fraction of sp³-hybridized carbons (Fsp3) is 0.474. The molecule has 2 aromatic rings. The number of aromatic nitrogens is 1. The van der Waals surface area contributed by atoms with Crippen LogP contribution in [0.5, 0.6) is 0 Å². The molecule has 0 radical (unpaired) electrons. The van der Waals surface area contributed by atoms with Crippen LogP contribution < -0.4 is 0 Å². The second kappa shape index (κ2) is 5.96. The van der Waals surface area contributed by atoms with Gasteiger partial charge in [0.05, 0.1) is 12.6 Å². The van der Waals surface area contributed by atoms with Crippen molar-refractivity contribution in [3.05, 3.63) is 35.5 Å². The third-order valence-electron chi connectivity index (χ3n) is 5.26. The summed E-state index contributed by atoms with van der Waals surface area (Å²) in [6, 6.07) is 8.36. The molecule has 0 spiro atoms. The molecule has 5 nitrogen and oxygen atoms in total. The van der Waals surface area contributed by atoms with Gasteiger partial charge in [0.15, 0.2) is 0 Å². The number of carbonyl (C=O) groups is 2. The Labute approximate surface area is 141 Å². The van der Waals surface area contributed by atoms with E-state index in [-0.39, 0.29) is 23.8 Å². The average molecular weight is 326 g/mol. The second-order valence-corrected chi connectivity index (χ2v) is 6.73. The van der Waals surface area contributed by atoms with E-state index in [1.54, 1.807) is 0 Å². The van der Waals surface area contributed by atoms with Crippen LogP contribution in [0, 0.1) is 5.92 Å². The topological polar surface area (TPSA) is 62.4 Å². The fourth-order valence-electron chi connectivity index (χ4n) is 4.24. The number of nitrogens with one attached hydrogen (secondary N) is 1. The van der Waals surface area contributed by atoms with Gasteiger partial charge < -0.3 is 14.6 Å². The third-order valence-corrected chi connectivity index (χ3v) is 5.26. The lowest BCUT2D eigenvalue weighted by Crippen LogP contribution is -2.45. The highest BCUT2D eigenvalue weighted by Crippen LogP contribution is 2.42. The number of benzene rings is 1. The van der Waals surface area contributed by atoms with E-state index in [0.29, 0.717) is 19.4 Å². The van der Waals surface area contributed by atoms with Gasteiger partial charge in [-0.3, -0.25) is 9.59 Å². The summed E-state index contributed by atoms with van der Waals surface area (Å²) in [7, 11) is 0. The van der Waals surface area contributed by atoms with Crippen LogP contribution >= 0.6 is 0 Å². The van der Waals surface area contributed by atoms with Crippen LogP contribution in [0.1, 0.15) is 43.5 Å². The number of carbonyl (C=O) groups excluding carboxylic acids is 2. The van der Waals surface area contributed by atoms with Gasteiger partial charge in [0.1, 0.15) is 0 Å². The molecule has 2 atom stereocenters. The van der Waals surface area contributed by atoms with Gasteiger partial charge in [0, 0.05) is 36.0 Å². The van der Waals surface area contributed by atoms with Crippen LogP contribution in [0.4, 0.5) is 0 Å². The van der Waals surface area contributed by atoms with Gasteiger partial charge in [-0.05, 0) is 37.3 Å². The summed E-state index contributed by atoms with van der Waals surface area (Å²) in [5.74, 6) is 0.0245. The zero-order valence-electron chi connectivity index (χ0n) is 13.9. The zero-order chi connectivity index (χ0) is 16.7. The van der Waals surface area contributed by atoms with E-state index in [9.17, 15) is 9.59 Å². The van der Waals surface area contributed by atoms with Gasteiger partial charge in [-0.1, -0.05) is 18.2 Å². The molecule has 1 aromatic carbocycles. The molecule has 1 saturated heterocycles. The largest absolute Gasteiger partial charge is 0.466 e. The van der Waals surface area contributed by atoms with E-state index in [1.165, 1.54) is 10.9 Å². The lowest BCUT2D eigenvalue weighted by Gasteiger charge is -2.42. The van der Waals surface area contributed by atoms with Crippen molar-refractivity contribution in [2.75, 3.05) is 13.2 Å². The Morgan fingerprint density at radius 2 is 2.21 bits per heavy atom. The molecule has 0 saturated carbocycles. The number of piperidine rings is 1. The predicted octanol–water partition coefficient (Wildman–Crippen LogP) is 2.96. The SMILES string of the molecule is CCOC(=O)C[C@@H]1CC(=O)N2CCc3c([nH]c4ccccc34)[C@@H]2C1. The fourth-order valence-corrected chi connectivity index (χ4v) is 4.24. The van der Waals surface area contributed by atoms with Gasteiger partial charge in [0.2, 0.25) is 5.91 Å². The number of aromatic amines is 1. The summed E-state index contributed by atoms with van der Waals surface area (Å²) >= 11 is 0. The molecule has 5 heteroatoms. The van der Waals surface area contributed by atoms with E-state index in [1.807, 2.05) is 17.9 Å². The first-order chi connectivity index (χ1) is 11.7. The van der Waals surface area contributed by atoms with Gasteiger partial charge in [-0.15, -0.1) is 0 Å². The molecule has 0 unspecified atom stereocenters. The van der Waals surface area contributed by atoms with Crippen molar-refractivity contribution >= 4 is 22.8 Å². The Kier molecular flexibility index (Phi) is 3.79. The normalized spacial score (nSPS) is 23.0. The molecule has 0 bridgehead atoms. The molecule has 1 N–H and O–H groups in total. The van der Waals surface area contributed by atoms with Gasteiger partial charge >= 0.3 is 5.97 Å². The van der Waals surface area contributed by atoms with E-state index >= 15 is 0 Å². The average Bonchev–Trinajstić information content (AvgIpc) is 2.94. The van der Waals surface area contributed by atoms with Crippen LogP contribution in [0.25, 0.3) is 10.9 Å². The molecule has 2 aliphatic heterocycles. The van der Waals surface area contributed by atoms with Crippen molar-refractivity contribution in [2.24, 2.45) is 5.92 Å². The summed E-state index contributed by atoms with van der Waals surface area (Å²) in [4.78, 5) is 29.9. The lowest BCUT2D eigenvalue weighted by atomic mass is 9.83. The minimum absolute atomic E-state index is 0.0572. The molecule has 0 aliphatic carbocycles. The van der Waals surface area contributed by atoms with Crippen LogP contribution in [0.3, 0.4) is 0 Å². The first kappa shape index (κ1) is 15.2. The van der Waals surface area contributed by atoms with Gasteiger partial charge in [0.25, 0.3) is 0 Å². The number of ether oxygens (including phenoxy) is 1. The Hall–Kier alpha value is -2.30. The van der Waals surface area contributed by atoms with Crippen LogP contribution in [-0.2, 0) is 20.7 Å². The van der Waals surface area contributed by atoms with Crippen molar-refractivity contribution < 1.29 is 14.3 Å². The Morgan fingerprint density at radius 3 is 3.04 bits per heavy atom. The minimum atomic E-state index is -0.198. The van der Waals surface area contributed by atoms with E-state index in [2.05, 4.69) is 23.2 Å².